The van der Waals surface area contributed by atoms with Gasteiger partial charge in [-0.2, -0.15) is 13.2 Å². The molecule has 26 heavy (non-hydrogen) atoms. The maximum Gasteiger partial charge on any atom is 0.416 e. The largest absolute Gasteiger partial charge is 0.416 e. The third-order valence-corrected chi connectivity index (χ3v) is 4.88. The fourth-order valence-corrected chi connectivity index (χ4v) is 3.38. The second-order valence-corrected chi connectivity index (χ2v) is 7.06. The Bertz CT molecular complexity index is 1120. The number of carbonyl (C=O) groups is 1. The van der Waals surface area contributed by atoms with Crippen molar-refractivity contribution in [3.05, 3.63) is 41.7 Å². The Labute approximate surface area is 144 Å². The first-order valence-corrected chi connectivity index (χ1v) is 8.43. The van der Waals surface area contributed by atoms with Crippen LogP contribution in [0.4, 0.5) is 19.0 Å². The highest BCUT2D eigenvalue weighted by molar-refractivity contribution is 7.92. The van der Waals surface area contributed by atoms with Crippen LogP contribution in [0.1, 0.15) is 16.1 Å². The van der Waals surface area contributed by atoms with Gasteiger partial charge in [-0.15, -0.1) is 0 Å². The van der Waals surface area contributed by atoms with Crippen molar-refractivity contribution >= 4 is 32.7 Å². The van der Waals surface area contributed by atoms with Gasteiger partial charge >= 0.3 is 6.18 Å². The fraction of sp³-hybridized carbons (Fsp3) is 0.143. The Kier molecular flexibility index (Phi) is 3.94. The van der Waals surface area contributed by atoms with E-state index in [1.54, 1.807) is 0 Å². The van der Waals surface area contributed by atoms with Gasteiger partial charge in [-0.05, 0) is 24.3 Å². The second kappa shape index (κ2) is 5.76. The standard InChI is InChI=1S/C14H11F3N4O4S/c1-21-6-8(5-10(21)12(18)22)26(23,24)20-13-9-4-7(14(15,16)17)2-3-11(9)25-19-13/h2-6H,1H3,(H2,18,22)(H,19,20). The minimum Gasteiger partial charge on any atom is -0.364 e. The summed E-state index contributed by atoms with van der Waals surface area (Å²) in [5.41, 5.74) is 4.06. The zero-order valence-corrected chi connectivity index (χ0v) is 13.9. The molecule has 2 aromatic heterocycles. The Hall–Kier alpha value is -3.02. The van der Waals surface area contributed by atoms with E-state index in [1.165, 1.54) is 11.6 Å². The number of nitrogens with two attached hydrogens (primary N) is 1. The van der Waals surface area contributed by atoms with E-state index in [0.29, 0.717) is 0 Å². The fourth-order valence-electron chi connectivity index (χ4n) is 2.30. The molecule has 3 aromatic rings. The van der Waals surface area contributed by atoms with Gasteiger partial charge in [0, 0.05) is 13.2 Å². The molecular weight excluding hydrogens is 377 g/mol. The molecule has 0 fully saturated rings. The summed E-state index contributed by atoms with van der Waals surface area (Å²) >= 11 is 0. The van der Waals surface area contributed by atoms with Gasteiger partial charge in [0.15, 0.2) is 11.4 Å². The second-order valence-electron chi connectivity index (χ2n) is 5.38. The number of hydrogen-bond acceptors (Lipinski definition) is 5. The summed E-state index contributed by atoms with van der Waals surface area (Å²) in [6.07, 6.45) is -3.48. The van der Waals surface area contributed by atoms with E-state index >= 15 is 0 Å². The Morgan fingerprint density at radius 2 is 2.00 bits per heavy atom. The number of carbonyl (C=O) groups excluding carboxylic acids is 1. The van der Waals surface area contributed by atoms with E-state index in [2.05, 4.69) is 9.88 Å². The van der Waals surface area contributed by atoms with Crippen molar-refractivity contribution in [1.29, 1.82) is 0 Å². The molecule has 2 heterocycles. The first-order valence-electron chi connectivity index (χ1n) is 6.94. The highest BCUT2D eigenvalue weighted by Crippen LogP contribution is 2.34. The van der Waals surface area contributed by atoms with Crippen molar-refractivity contribution in [1.82, 2.24) is 9.72 Å². The van der Waals surface area contributed by atoms with E-state index in [9.17, 15) is 26.4 Å². The minimum absolute atomic E-state index is 0.0263. The molecule has 0 bridgehead atoms. The van der Waals surface area contributed by atoms with Gasteiger partial charge < -0.3 is 14.8 Å². The highest BCUT2D eigenvalue weighted by Gasteiger charge is 2.31. The van der Waals surface area contributed by atoms with Crippen molar-refractivity contribution in [2.75, 3.05) is 4.72 Å². The number of sulfonamides is 1. The predicted molar refractivity (Wildman–Crippen MR) is 83.8 cm³/mol. The average molecular weight is 388 g/mol. The van der Waals surface area contributed by atoms with Crippen LogP contribution in [0.15, 0.2) is 39.9 Å². The van der Waals surface area contributed by atoms with Crippen LogP contribution < -0.4 is 10.5 Å². The summed E-state index contributed by atoms with van der Waals surface area (Å²) in [5.74, 6) is -1.24. The molecule has 1 aromatic carbocycles. The number of nitrogens with zero attached hydrogens (tertiary/aromatic N) is 2. The van der Waals surface area contributed by atoms with Crippen LogP contribution in [0.25, 0.3) is 11.0 Å². The Morgan fingerprint density at radius 1 is 1.31 bits per heavy atom. The lowest BCUT2D eigenvalue weighted by Crippen LogP contribution is -2.14. The van der Waals surface area contributed by atoms with Gasteiger partial charge in [0.25, 0.3) is 15.9 Å². The molecule has 0 aliphatic carbocycles. The number of alkyl halides is 3. The number of hydrogen-bond donors (Lipinski definition) is 2. The molecule has 1 amide bonds. The van der Waals surface area contributed by atoms with Crippen LogP contribution in [0.5, 0.6) is 0 Å². The third kappa shape index (κ3) is 3.10. The maximum absolute atomic E-state index is 12.8. The number of primary amides is 1. The smallest absolute Gasteiger partial charge is 0.364 e. The van der Waals surface area contributed by atoms with E-state index < -0.39 is 33.5 Å². The summed E-state index contributed by atoms with van der Waals surface area (Å²) in [7, 11) is -2.82. The predicted octanol–water partition coefficient (Wildman–Crippen LogP) is 2.08. The number of nitrogens with one attached hydrogen (secondary N) is 1. The van der Waals surface area contributed by atoms with Gasteiger partial charge in [0.2, 0.25) is 0 Å². The number of aromatic nitrogens is 2. The zero-order chi connectivity index (χ0) is 19.3. The SMILES string of the molecule is Cn1cc(S(=O)(=O)Nc2noc3ccc(C(F)(F)F)cc23)cc1C(N)=O. The lowest BCUT2D eigenvalue weighted by atomic mass is 10.1. The van der Waals surface area contributed by atoms with Crippen molar-refractivity contribution in [3.8, 4) is 0 Å². The number of anilines is 1. The summed E-state index contributed by atoms with van der Waals surface area (Å²) in [4.78, 5) is 10.9. The quantitative estimate of drug-likeness (QED) is 0.709. The lowest BCUT2D eigenvalue weighted by Gasteiger charge is -2.06. The number of aryl methyl sites for hydroxylation is 1. The van der Waals surface area contributed by atoms with Crippen LogP contribution in [0.2, 0.25) is 0 Å². The third-order valence-electron chi connectivity index (χ3n) is 3.57. The molecule has 0 unspecified atom stereocenters. The normalized spacial score (nSPS) is 12.5. The van der Waals surface area contributed by atoms with Crippen LogP contribution in [-0.2, 0) is 23.2 Å². The molecule has 0 atom stereocenters. The Morgan fingerprint density at radius 3 is 2.58 bits per heavy atom. The molecule has 0 aliphatic heterocycles. The molecule has 3 rings (SSSR count). The minimum atomic E-state index is -4.61. The van der Waals surface area contributed by atoms with Crippen molar-refractivity contribution in [2.24, 2.45) is 12.8 Å². The van der Waals surface area contributed by atoms with Crippen LogP contribution >= 0.6 is 0 Å². The number of halogens is 3. The molecule has 0 saturated heterocycles. The van der Waals surface area contributed by atoms with Gasteiger partial charge in [0.05, 0.1) is 10.9 Å². The van der Waals surface area contributed by atoms with E-state index in [0.717, 1.165) is 30.5 Å². The molecule has 12 heteroatoms. The van der Waals surface area contributed by atoms with Crippen molar-refractivity contribution in [2.45, 2.75) is 11.1 Å². The van der Waals surface area contributed by atoms with Gasteiger partial charge in [-0.1, -0.05) is 5.16 Å². The topological polar surface area (TPSA) is 120 Å². The number of amides is 1. The number of fused-ring (bicyclic) bond motifs is 1. The van der Waals surface area contributed by atoms with Gasteiger partial charge in [0.1, 0.15) is 10.6 Å². The summed E-state index contributed by atoms with van der Waals surface area (Å²) in [6, 6.07) is 3.59. The number of benzene rings is 1. The maximum atomic E-state index is 12.8. The van der Waals surface area contributed by atoms with Crippen LogP contribution in [-0.4, -0.2) is 24.0 Å². The molecule has 138 valence electrons. The van der Waals surface area contributed by atoms with Gasteiger partial charge in [-0.25, -0.2) is 8.42 Å². The molecule has 0 radical (unpaired) electrons. The summed E-state index contributed by atoms with van der Waals surface area (Å²) < 4.78 is 71.5. The molecule has 0 saturated carbocycles. The first-order chi connectivity index (χ1) is 12.0. The first kappa shape index (κ1) is 17.8. The van der Waals surface area contributed by atoms with Gasteiger partial charge in [-0.3, -0.25) is 9.52 Å². The zero-order valence-electron chi connectivity index (χ0n) is 13.0. The molecule has 3 N–H and O–H groups in total. The lowest BCUT2D eigenvalue weighted by molar-refractivity contribution is -0.137. The van der Waals surface area contributed by atoms with E-state index in [-0.39, 0.29) is 21.6 Å². The monoisotopic (exact) mass is 388 g/mol. The van der Waals surface area contributed by atoms with E-state index in [4.69, 9.17) is 10.3 Å². The van der Waals surface area contributed by atoms with Crippen molar-refractivity contribution in [3.63, 3.8) is 0 Å². The number of rotatable bonds is 4. The Balaban J connectivity index is 2.02. The molecule has 8 nitrogen and oxygen atoms in total. The van der Waals surface area contributed by atoms with E-state index in [1.807, 2.05) is 0 Å². The highest BCUT2D eigenvalue weighted by atomic mass is 32.2. The summed E-state index contributed by atoms with van der Waals surface area (Å²) in [6.45, 7) is 0. The molecule has 0 spiro atoms. The van der Waals surface area contributed by atoms with Crippen LogP contribution in [0.3, 0.4) is 0 Å². The summed E-state index contributed by atoms with van der Waals surface area (Å²) in [5, 5.41) is 3.30. The molecular formula is C14H11F3N4O4S. The van der Waals surface area contributed by atoms with Crippen LogP contribution in [0, 0.1) is 0 Å². The van der Waals surface area contributed by atoms with Crippen molar-refractivity contribution < 1.29 is 30.9 Å². The molecule has 0 aliphatic rings. The average Bonchev–Trinajstić information content (AvgIpc) is 3.10.